The van der Waals surface area contributed by atoms with Crippen LogP contribution < -0.4 is 10.7 Å². The highest BCUT2D eigenvalue weighted by Crippen LogP contribution is 2.26. The van der Waals surface area contributed by atoms with Gasteiger partial charge in [0.2, 0.25) is 0 Å². The van der Waals surface area contributed by atoms with E-state index in [0.717, 1.165) is 31.9 Å². The number of amides is 1. The Morgan fingerprint density at radius 1 is 1.03 bits per heavy atom. The third kappa shape index (κ3) is 4.80. The highest BCUT2D eigenvalue weighted by molar-refractivity contribution is 14.1. The molecule has 0 saturated carbocycles. The van der Waals surface area contributed by atoms with Crippen molar-refractivity contribution in [2.75, 3.05) is 11.9 Å². The molecule has 0 fully saturated rings. The van der Waals surface area contributed by atoms with Gasteiger partial charge < -0.3 is 9.88 Å². The molecule has 0 bridgehead atoms. The van der Waals surface area contributed by atoms with Crippen molar-refractivity contribution in [2.24, 2.45) is 5.10 Å². The number of nitrogens with zero attached hydrogens (tertiary/aromatic N) is 2. The zero-order chi connectivity index (χ0) is 21.8. The van der Waals surface area contributed by atoms with Gasteiger partial charge in [0.15, 0.2) is 0 Å². The number of rotatable bonds is 6. The Kier molecular flexibility index (Phi) is 6.36. The second-order valence-electron chi connectivity index (χ2n) is 7.31. The molecular formula is C25H23IN4O. The Bertz CT molecular complexity index is 1250. The van der Waals surface area contributed by atoms with Crippen molar-refractivity contribution >= 4 is 51.2 Å². The van der Waals surface area contributed by atoms with Gasteiger partial charge in [0.25, 0.3) is 5.91 Å². The van der Waals surface area contributed by atoms with Crippen LogP contribution in [0.2, 0.25) is 0 Å². The van der Waals surface area contributed by atoms with E-state index in [1.165, 1.54) is 10.8 Å². The average Bonchev–Trinajstić information content (AvgIpc) is 3.06. The fourth-order valence-corrected chi connectivity index (χ4v) is 4.02. The van der Waals surface area contributed by atoms with Gasteiger partial charge >= 0.3 is 0 Å². The number of fused-ring (bicyclic) bond motifs is 1. The quantitative estimate of drug-likeness (QED) is 0.202. The summed E-state index contributed by atoms with van der Waals surface area (Å²) >= 11 is 2.25. The molecule has 156 valence electrons. The standard InChI is InChI=1S/C25H23IN4O/c1-17-14-20(15-28-29-25(31)16-27-22-12-10-21(26)11-13-22)18(2)30(17)24-9-5-7-19-6-3-4-8-23(19)24/h3-15,27H,16H2,1-2H3,(H,29,31)/b28-15-. The fraction of sp³-hybridized carbons (Fsp3) is 0.120. The summed E-state index contributed by atoms with van der Waals surface area (Å²) < 4.78 is 3.38. The first kappa shape index (κ1) is 21.1. The summed E-state index contributed by atoms with van der Waals surface area (Å²) in [6, 6.07) is 24.6. The third-order valence-corrected chi connectivity index (χ3v) is 5.89. The summed E-state index contributed by atoms with van der Waals surface area (Å²) in [4.78, 5) is 12.1. The number of aromatic nitrogens is 1. The van der Waals surface area contributed by atoms with Gasteiger partial charge in [-0.05, 0) is 78.2 Å². The highest BCUT2D eigenvalue weighted by Gasteiger charge is 2.12. The molecule has 0 radical (unpaired) electrons. The van der Waals surface area contributed by atoms with Crippen molar-refractivity contribution in [3.8, 4) is 5.69 Å². The minimum atomic E-state index is -0.197. The first-order valence-corrected chi connectivity index (χ1v) is 11.1. The molecule has 3 aromatic carbocycles. The number of anilines is 1. The first-order chi connectivity index (χ1) is 15.0. The van der Waals surface area contributed by atoms with E-state index in [9.17, 15) is 4.79 Å². The summed E-state index contributed by atoms with van der Waals surface area (Å²) in [7, 11) is 0. The van der Waals surface area contributed by atoms with Crippen LogP contribution >= 0.6 is 22.6 Å². The van der Waals surface area contributed by atoms with Crippen molar-refractivity contribution in [3.63, 3.8) is 0 Å². The minimum absolute atomic E-state index is 0.160. The Balaban J connectivity index is 1.46. The molecule has 2 N–H and O–H groups in total. The summed E-state index contributed by atoms with van der Waals surface area (Å²) in [5.74, 6) is -0.197. The molecule has 4 rings (SSSR count). The van der Waals surface area contributed by atoms with Crippen LogP contribution in [0.5, 0.6) is 0 Å². The molecule has 1 aromatic heterocycles. The fourth-order valence-electron chi connectivity index (χ4n) is 3.66. The number of aryl methyl sites for hydroxylation is 1. The molecule has 0 aliphatic carbocycles. The van der Waals surface area contributed by atoms with Crippen LogP contribution in [0.4, 0.5) is 5.69 Å². The lowest BCUT2D eigenvalue weighted by atomic mass is 10.1. The summed E-state index contributed by atoms with van der Waals surface area (Å²) in [6.45, 7) is 4.30. The van der Waals surface area contributed by atoms with Crippen LogP contribution in [0.15, 0.2) is 77.9 Å². The summed E-state index contributed by atoms with van der Waals surface area (Å²) in [5, 5.41) is 9.65. The first-order valence-electron chi connectivity index (χ1n) is 10.0. The number of benzene rings is 3. The van der Waals surface area contributed by atoms with E-state index in [-0.39, 0.29) is 12.5 Å². The Morgan fingerprint density at radius 3 is 2.58 bits per heavy atom. The molecule has 31 heavy (non-hydrogen) atoms. The van der Waals surface area contributed by atoms with E-state index in [4.69, 9.17) is 0 Å². The zero-order valence-electron chi connectivity index (χ0n) is 17.4. The smallest absolute Gasteiger partial charge is 0.259 e. The molecule has 4 aromatic rings. The largest absolute Gasteiger partial charge is 0.376 e. The minimum Gasteiger partial charge on any atom is -0.376 e. The van der Waals surface area contributed by atoms with Gasteiger partial charge in [-0.2, -0.15) is 5.10 Å². The van der Waals surface area contributed by atoms with Crippen LogP contribution in [-0.4, -0.2) is 23.2 Å². The number of hydrogen-bond acceptors (Lipinski definition) is 3. The Morgan fingerprint density at radius 2 is 1.77 bits per heavy atom. The molecular weight excluding hydrogens is 499 g/mol. The van der Waals surface area contributed by atoms with Gasteiger partial charge in [-0.1, -0.05) is 36.4 Å². The molecule has 0 spiro atoms. The van der Waals surface area contributed by atoms with Gasteiger partial charge in [0.05, 0.1) is 18.4 Å². The van der Waals surface area contributed by atoms with E-state index in [1.54, 1.807) is 6.21 Å². The number of halogens is 1. The van der Waals surface area contributed by atoms with Gasteiger partial charge in [-0.15, -0.1) is 0 Å². The SMILES string of the molecule is Cc1cc(/C=N\NC(=O)CNc2ccc(I)cc2)c(C)n1-c1cccc2ccccc12. The van der Waals surface area contributed by atoms with Crippen LogP contribution in [0.1, 0.15) is 17.0 Å². The zero-order valence-corrected chi connectivity index (χ0v) is 19.6. The predicted molar refractivity (Wildman–Crippen MR) is 136 cm³/mol. The Labute approximate surface area is 195 Å². The van der Waals surface area contributed by atoms with Crippen molar-refractivity contribution in [1.82, 2.24) is 9.99 Å². The average molecular weight is 522 g/mol. The van der Waals surface area contributed by atoms with Crippen molar-refractivity contribution in [1.29, 1.82) is 0 Å². The third-order valence-electron chi connectivity index (χ3n) is 5.17. The maximum Gasteiger partial charge on any atom is 0.259 e. The lowest BCUT2D eigenvalue weighted by molar-refractivity contribution is -0.119. The van der Waals surface area contributed by atoms with E-state index in [2.05, 4.69) is 105 Å². The van der Waals surface area contributed by atoms with Crippen LogP contribution in [0.3, 0.4) is 0 Å². The lowest BCUT2D eigenvalue weighted by Crippen LogP contribution is -2.25. The molecule has 0 unspecified atom stereocenters. The van der Waals surface area contributed by atoms with E-state index < -0.39 is 0 Å². The topological polar surface area (TPSA) is 58.4 Å². The molecule has 1 heterocycles. The number of carbonyl (C=O) groups is 1. The normalized spacial score (nSPS) is 11.2. The van der Waals surface area contributed by atoms with Gasteiger partial charge in [0, 0.05) is 31.6 Å². The van der Waals surface area contributed by atoms with E-state index >= 15 is 0 Å². The number of hydrazone groups is 1. The second kappa shape index (κ2) is 9.34. The van der Waals surface area contributed by atoms with Gasteiger partial charge in [-0.3, -0.25) is 4.79 Å². The summed E-state index contributed by atoms with van der Waals surface area (Å²) in [6.07, 6.45) is 1.70. The van der Waals surface area contributed by atoms with Crippen molar-refractivity contribution in [3.05, 3.63) is 93.3 Å². The van der Waals surface area contributed by atoms with E-state index in [1.807, 2.05) is 24.3 Å². The maximum atomic E-state index is 12.1. The van der Waals surface area contributed by atoms with Crippen molar-refractivity contribution in [2.45, 2.75) is 13.8 Å². The van der Waals surface area contributed by atoms with E-state index in [0.29, 0.717) is 0 Å². The van der Waals surface area contributed by atoms with Crippen molar-refractivity contribution < 1.29 is 4.79 Å². The highest BCUT2D eigenvalue weighted by atomic mass is 127. The molecule has 6 heteroatoms. The van der Waals surface area contributed by atoms with Gasteiger partial charge in [-0.25, -0.2) is 5.43 Å². The number of nitrogens with one attached hydrogen (secondary N) is 2. The van der Waals surface area contributed by atoms with Gasteiger partial charge in [0.1, 0.15) is 0 Å². The van der Waals surface area contributed by atoms with Crippen LogP contribution in [0, 0.1) is 17.4 Å². The molecule has 0 saturated heterocycles. The number of hydrogen-bond donors (Lipinski definition) is 2. The monoisotopic (exact) mass is 522 g/mol. The summed E-state index contributed by atoms with van der Waals surface area (Å²) in [5.41, 5.74) is 7.79. The molecule has 5 nitrogen and oxygen atoms in total. The van der Waals surface area contributed by atoms with Crippen LogP contribution in [-0.2, 0) is 4.79 Å². The lowest BCUT2D eigenvalue weighted by Gasteiger charge is -2.13. The maximum absolute atomic E-state index is 12.1. The molecule has 1 amide bonds. The predicted octanol–water partition coefficient (Wildman–Crippen LogP) is 5.41. The van der Waals surface area contributed by atoms with Crippen LogP contribution in [0.25, 0.3) is 16.5 Å². The molecule has 0 aliphatic rings. The number of carbonyl (C=O) groups excluding carboxylic acids is 1. The second-order valence-corrected chi connectivity index (χ2v) is 8.56. The Hall–Kier alpha value is -3.13. The molecule has 0 atom stereocenters. The molecule has 0 aliphatic heterocycles.